The van der Waals surface area contributed by atoms with E-state index < -0.39 is 23.9 Å². The number of hydrogen-bond acceptors (Lipinski definition) is 7. The fourth-order valence-corrected chi connectivity index (χ4v) is 3.26. The Morgan fingerprint density at radius 2 is 1.89 bits per heavy atom. The maximum atomic E-state index is 12.4. The van der Waals surface area contributed by atoms with Gasteiger partial charge in [0.05, 0.1) is 12.2 Å². The van der Waals surface area contributed by atoms with Crippen molar-refractivity contribution in [3.05, 3.63) is 42.0 Å². The van der Waals surface area contributed by atoms with Crippen LogP contribution in [0.4, 0.5) is 5.00 Å². The van der Waals surface area contributed by atoms with Crippen LogP contribution < -0.4 is 5.32 Å². The summed E-state index contributed by atoms with van der Waals surface area (Å²) in [4.78, 5) is 36.9. The molecule has 1 aromatic heterocycles. The highest BCUT2D eigenvalue weighted by Crippen LogP contribution is 2.36. The zero-order valence-corrected chi connectivity index (χ0v) is 16.1. The van der Waals surface area contributed by atoms with Gasteiger partial charge in [-0.15, -0.1) is 11.3 Å². The monoisotopic (exact) mass is 391 g/mol. The van der Waals surface area contributed by atoms with Gasteiger partial charge in [-0.05, 0) is 25.5 Å². The first kappa shape index (κ1) is 20.6. The van der Waals surface area contributed by atoms with E-state index in [9.17, 15) is 14.4 Å². The van der Waals surface area contributed by atoms with E-state index in [1.54, 1.807) is 13.0 Å². The number of carbonyl (C=O) groups excluding carboxylic acids is 3. The average Bonchev–Trinajstić information content (AvgIpc) is 3.06. The van der Waals surface area contributed by atoms with E-state index in [-0.39, 0.29) is 18.8 Å². The van der Waals surface area contributed by atoms with Crippen molar-refractivity contribution >= 4 is 34.2 Å². The molecular formula is C19H21NO6S. The first-order chi connectivity index (χ1) is 13.0. The number of nitrogens with one attached hydrogen (secondary N) is 1. The molecule has 1 N–H and O–H groups in total. The van der Waals surface area contributed by atoms with Gasteiger partial charge in [0.2, 0.25) is 0 Å². The minimum Gasteiger partial charge on any atom is -0.462 e. The van der Waals surface area contributed by atoms with Gasteiger partial charge in [-0.25, -0.2) is 9.59 Å². The van der Waals surface area contributed by atoms with Crippen molar-refractivity contribution in [1.29, 1.82) is 0 Å². The third-order valence-corrected chi connectivity index (χ3v) is 4.56. The lowest BCUT2D eigenvalue weighted by atomic mass is 10.1. The zero-order chi connectivity index (χ0) is 19.8. The van der Waals surface area contributed by atoms with Crippen LogP contribution in [0.2, 0.25) is 0 Å². The lowest BCUT2D eigenvalue weighted by Crippen LogP contribution is -2.31. The standard InChI is InChI=1S/C19H21NO6S/c1-4-25-19(23)14-10-15(13-8-6-5-7-9-13)27-18(14)20-17(22)12(2)26-16(21)11-24-3/h5-10,12H,4,11H2,1-3H3,(H,20,22)/t12-/m1/s1. The maximum Gasteiger partial charge on any atom is 0.341 e. The number of carbonyl (C=O) groups is 3. The summed E-state index contributed by atoms with van der Waals surface area (Å²) in [6.07, 6.45) is -1.04. The summed E-state index contributed by atoms with van der Waals surface area (Å²) < 4.78 is 14.7. The number of rotatable bonds is 8. The number of benzene rings is 1. The van der Waals surface area contributed by atoms with Crippen molar-refractivity contribution in [2.45, 2.75) is 20.0 Å². The predicted octanol–water partition coefficient (Wildman–Crippen LogP) is 3.11. The number of ether oxygens (including phenoxy) is 3. The van der Waals surface area contributed by atoms with Crippen molar-refractivity contribution in [2.75, 3.05) is 25.6 Å². The lowest BCUT2D eigenvalue weighted by Gasteiger charge is -2.13. The molecule has 0 aliphatic heterocycles. The Balaban J connectivity index is 2.23. The van der Waals surface area contributed by atoms with Gasteiger partial charge in [0.1, 0.15) is 11.6 Å². The normalized spacial score (nSPS) is 11.5. The smallest absolute Gasteiger partial charge is 0.341 e. The molecule has 7 nitrogen and oxygen atoms in total. The number of amides is 1. The van der Waals surface area contributed by atoms with Crippen LogP contribution in [0.25, 0.3) is 10.4 Å². The molecule has 1 heterocycles. The summed E-state index contributed by atoms with van der Waals surface area (Å²) in [6.45, 7) is 3.12. The van der Waals surface area contributed by atoms with Gasteiger partial charge in [-0.1, -0.05) is 30.3 Å². The Morgan fingerprint density at radius 1 is 1.19 bits per heavy atom. The number of methoxy groups -OCH3 is 1. The summed E-state index contributed by atoms with van der Waals surface area (Å²) in [5.41, 5.74) is 1.16. The highest BCUT2D eigenvalue weighted by molar-refractivity contribution is 7.20. The minimum atomic E-state index is -1.04. The van der Waals surface area contributed by atoms with Gasteiger partial charge in [0, 0.05) is 12.0 Å². The molecule has 8 heteroatoms. The largest absolute Gasteiger partial charge is 0.462 e. The first-order valence-corrected chi connectivity index (χ1v) is 9.13. The Hall–Kier alpha value is -2.71. The fourth-order valence-electron chi connectivity index (χ4n) is 2.21. The fraction of sp³-hybridized carbons (Fsp3) is 0.316. The average molecular weight is 391 g/mol. The molecule has 0 radical (unpaired) electrons. The molecule has 0 bridgehead atoms. The molecule has 0 aliphatic rings. The summed E-state index contributed by atoms with van der Waals surface area (Å²) >= 11 is 1.24. The molecule has 1 aromatic carbocycles. The molecular weight excluding hydrogens is 370 g/mol. The van der Waals surface area contributed by atoms with Gasteiger partial charge in [-0.3, -0.25) is 4.79 Å². The van der Waals surface area contributed by atoms with Gasteiger partial charge in [0.25, 0.3) is 5.91 Å². The van der Waals surface area contributed by atoms with E-state index in [2.05, 4.69) is 10.1 Å². The molecule has 0 spiro atoms. The van der Waals surface area contributed by atoms with Gasteiger partial charge in [-0.2, -0.15) is 0 Å². The summed E-state index contributed by atoms with van der Waals surface area (Å²) in [5, 5.41) is 2.99. The van der Waals surface area contributed by atoms with Crippen molar-refractivity contribution in [1.82, 2.24) is 0 Å². The van der Waals surface area contributed by atoms with E-state index in [1.165, 1.54) is 25.4 Å². The van der Waals surface area contributed by atoms with Crippen LogP contribution in [0.1, 0.15) is 24.2 Å². The van der Waals surface area contributed by atoms with Gasteiger partial charge < -0.3 is 19.5 Å². The lowest BCUT2D eigenvalue weighted by molar-refractivity contribution is -0.156. The van der Waals surface area contributed by atoms with Gasteiger partial charge >= 0.3 is 11.9 Å². The van der Waals surface area contributed by atoms with E-state index >= 15 is 0 Å². The zero-order valence-electron chi connectivity index (χ0n) is 15.3. The van der Waals surface area contributed by atoms with E-state index in [4.69, 9.17) is 9.47 Å². The molecule has 0 saturated heterocycles. The topological polar surface area (TPSA) is 90.9 Å². The molecule has 27 heavy (non-hydrogen) atoms. The Bertz CT molecular complexity index is 802. The summed E-state index contributed by atoms with van der Waals surface area (Å²) in [6, 6.07) is 11.1. The quantitative estimate of drug-likeness (QED) is 0.696. The van der Waals surface area contributed by atoms with Crippen LogP contribution >= 0.6 is 11.3 Å². The van der Waals surface area contributed by atoms with Crippen LogP contribution in [0, 0.1) is 0 Å². The minimum absolute atomic E-state index is 0.216. The SMILES string of the molecule is CCOC(=O)c1cc(-c2ccccc2)sc1NC(=O)[C@@H](C)OC(=O)COC. The highest BCUT2D eigenvalue weighted by Gasteiger charge is 2.23. The first-order valence-electron chi connectivity index (χ1n) is 8.31. The van der Waals surface area contributed by atoms with Crippen molar-refractivity contribution in [3.63, 3.8) is 0 Å². The number of hydrogen-bond donors (Lipinski definition) is 1. The molecule has 0 fully saturated rings. The molecule has 1 atom stereocenters. The van der Waals surface area contributed by atoms with E-state index in [0.717, 1.165) is 10.4 Å². The number of anilines is 1. The Labute approximate surface area is 161 Å². The highest BCUT2D eigenvalue weighted by atomic mass is 32.1. The second-order valence-electron chi connectivity index (χ2n) is 5.49. The second-order valence-corrected chi connectivity index (χ2v) is 6.55. The Kier molecular flexibility index (Phi) is 7.51. The third-order valence-electron chi connectivity index (χ3n) is 3.46. The van der Waals surface area contributed by atoms with Crippen molar-refractivity contribution in [3.8, 4) is 10.4 Å². The summed E-state index contributed by atoms with van der Waals surface area (Å²) in [7, 11) is 1.36. The second kappa shape index (κ2) is 9.84. The van der Waals surface area contributed by atoms with Crippen LogP contribution in [0.15, 0.2) is 36.4 Å². The molecule has 0 aliphatic carbocycles. The molecule has 1 amide bonds. The third kappa shape index (κ3) is 5.63. The van der Waals surface area contributed by atoms with E-state index in [0.29, 0.717) is 5.00 Å². The Morgan fingerprint density at radius 3 is 2.52 bits per heavy atom. The number of thiophene rings is 1. The number of esters is 2. The molecule has 0 saturated carbocycles. The van der Waals surface area contributed by atoms with Crippen LogP contribution in [0.3, 0.4) is 0 Å². The molecule has 144 valence electrons. The van der Waals surface area contributed by atoms with Crippen LogP contribution in [0.5, 0.6) is 0 Å². The molecule has 2 aromatic rings. The van der Waals surface area contributed by atoms with Crippen molar-refractivity contribution < 1.29 is 28.6 Å². The van der Waals surface area contributed by atoms with Crippen LogP contribution in [-0.2, 0) is 23.8 Å². The molecule has 0 unspecified atom stereocenters. The maximum absolute atomic E-state index is 12.4. The van der Waals surface area contributed by atoms with Gasteiger partial charge in [0.15, 0.2) is 6.10 Å². The predicted molar refractivity (Wildman–Crippen MR) is 102 cm³/mol. The van der Waals surface area contributed by atoms with Crippen molar-refractivity contribution in [2.24, 2.45) is 0 Å². The van der Waals surface area contributed by atoms with E-state index in [1.807, 2.05) is 30.3 Å². The van der Waals surface area contributed by atoms with Crippen LogP contribution in [-0.4, -0.2) is 44.3 Å². The summed E-state index contributed by atoms with van der Waals surface area (Å²) in [5.74, 6) is -1.73. The molecule has 2 rings (SSSR count).